The van der Waals surface area contributed by atoms with Crippen LogP contribution in [0.4, 0.5) is 0 Å². The van der Waals surface area contributed by atoms with Crippen molar-refractivity contribution in [2.24, 2.45) is 17.6 Å². The zero-order valence-corrected chi connectivity index (χ0v) is 21.9. The fraction of sp³-hybridized carbons (Fsp3) is 0.444. The van der Waals surface area contributed by atoms with E-state index in [1.165, 1.54) is 6.07 Å². The first kappa shape index (κ1) is 29.1. The van der Waals surface area contributed by atoms with Crippen molar-refractivity contribution in [3.8, 4) is 5.75 Å². The van der Waals surface area contributed by atoms with Crippen molar-refractivity contribution in [3.63, 3.8) is 0 Å². The molecule has 8 nitrogen and oxygen atoms in total. The minimum atomic E-state index is -1.13. The third-order valence-corrected chi connectivity index (χ3v) is 5.94. The minimum Gasteiger partial charge on any atom is -0.491 e. The Bertz CT molecular complexity index is 1030. The molecule has 0 unspecified atom stereocenters. The zero-order chi connectivity index (χ0) is 26.8. The summed E-state index contributed by atoms with van der Waals surface area (Å²) in [4.78, 5) is 38.2. The molecule has 0 radical (unpaired) electrons. The molecule has 0 heterocycles. The van der Waals surface area contributed by atoms with Crippen molar-refractivity contribution in [2.45, 2.75) is 58.7 Å². The van der Waals surface area contributed by atoms with Gasteiger partial charge in [-0.3, -0.25) is 9.59 Å². The highest BCUT2D eigenvalue weighted by Crippen LogP contribution is 2.24. The quantitative estimate of drug-likeness (QED) is 0.321. The van der Waals surface area contributed by atoms with Gasteiger partial charge in [0.05, 0.1) is 5.56 Å². The van der Waals surface area contributed by atoms with Crippen LogP contribution in [-0.4, -0.2) is 47.6 Å². The third-order valence-electron chi connectivity index (χ3n) is 5.70. The second-order valence-electron chi connectivity index (χ2n) is 9.60. The van der Waals surface area contributed by atoms with E-state index in [0.717, 1.165) is 5.56 Å². The Morgan fingerprint density at radius 3 is 2.25 bits per heavy atom. The number of aliphatic carboxylic acids is 1. The third kappa shape index (κ3) is 9.17. The molecule has 2 aromatic carbocycles. The lowest BCUT2D eigenvalue weighted by molar-refractivity contribution is -0.142. The van der Waals surface area contributed by atoms with Crippen molar-refractivity contribution in [1.29, 1.82) is 0 Å². The number of carboxylic acid groups (broad SMARTS) is 1. The first-order chi connectivity index (χ1) is 17.0. The van der Waals surface area contributed by atoms with Crippen LogP contribution in [-0.2, 0) is 16.0 Å². The number of amides is 2. The number of carbonyl (C=O) groups is 3. The summed E-state index contributed by atoms with van der Waals surface area (Å²) >= 11 is 6.15. The molecule has 0 aliphatic heterocycles. The van der Waals surface area contributed by atoms with Gasteiger partial charge in [0.25, 0.3) is 5.91 Å². The van der Waals surface area contributed by atoms with Crippen LogP contribution in [0.15, 0.2) is 48.5 Å². The highest BCUT2D eigenvalue weighted by Gasteiger charge is 2.28. The van der Waals surface area contributed by atoms with E-state index in [9.17, 15) is 19.5 Å². The van der Waals surface area contributed by atoms with Gasteiger partial charge in [-0.25, -0.2) is 4.79 Å². The van der Waals surface area contributed by atoms with Crippen molar-refractivity contribution < 1.29 is 24.2 Å². The summed E-state index contributed by atoms with van der Waals surface area (Å²) in [6.45, 7) is 7.89. The largest absolute Gasteiger partial charge is 0.491 e. The smallest absolute Gasteiger partial charge is 0.326 e. The first-order valence-corrected chi connectivity index (χ1v) is 12.4. The highest BCUT2D eigenvalue weighted by atomic mass is 35.5. The number of hydrogen-bond acceptors (Lipinski definition) is 5. The molecule has 2 aromatic rings. The topological polar surface area (TPSA) is 131 Å². The molecule has 196 valence electrons. The van der Waals surface area contributed by atoms with Gasteiger partial charge in [0, 0.05) is 17.5 Å². The summed E-state index contributed by atoms with van der Waals surface area (Å²) < 4.78 is 5.81. The van der Waals surface area contributed by atoms with Gasteiger partial charge in [-0.2, -0.15) is 0 Å². The van der Waals surface area contributed by atoms with Crippen LogP contribution in [0.1, 0.15) is 50.0 Å². The lowest BCUT2D eigenvalue weighted by Crippen LogP contribution is -2.52. The van der Waals surface area contributed by atoms with Gasteiger partial charge in [0.15, 0.2) is 0 Å². The Labute approximate surface area is 217 Å². The molecule has 0 fully saturated rings. The molecule has 0 aromatic heterocycles. The van der Waals surface area contributed by atoms with Crippen LogP contribution < -0.4 is 21.1 Å². The van der Waals surface area contributed by atoms with E-state index in [1.807, 2.05) is 58.0 Å². The molecule has 36 heavy (non-hydrogen) atoms. The molecule has 0 bridgehead atoms. The van der Waals surface area contributed by atoms with Crippen LogP contribution >= 0.6 is 11.6 Å². The van der Waals surface area contributed by atoms with Crippen molar-refractivity contribution >= 4 is 29.4 Å². The van der Waals surface area contributed by atoms with Gasteiger partial charge >= 0.3 is 5.97 Å². The number of nitrogens with one attached hydrogen (secondary N) is 2. The molecule has 2 amide bonds. The van der Waals surface area contributed by atoms with E-state index in [0.29, 0.717) is 5.02 Å². The van der Waals surface area contributed by atoms with Crippen LogP contribution in [0.5, 0.6) is 5.75 Å². The first-order valence-electron chi connectivity index (χ1n) is 12.0. The Morgan fingerprint density at radius 1 is 1.00 bits per heavy atom. The van der Waals surface area contributed by atoms with Gasteiger partial charge in [0.2, 0.25) is 5.91 Å². The lowest BCUT2D eigenvalue weighted by atomic mass is 10.0. The Kier molecular flexibility index (Phi) is 11.2. The van der Waals surface area contributed by atoms with E-state index in [-0.39, 0.29) is 48.6 Å². The number of rotatable bonds is 13. The molecule has 0 aliphatic rings. The van der Waals surface area contributed by atoms with Crippen molar-refractivity contribution in [3.05, 3.63) is 64.7 Å². The number of ether oxygens (including phenoxy) is 1. The predicted molar refractivity (Wildman–Crippen MR) is 140 cm³/mol. The van der Waals surface area contributed by atoms with E-state index >= 15 is 0 Å². The van der Waals surface area contributed by atoms with Crippen LogP contribution in [0.25, 0.3) is 0 Å². The minimum absolute atomic E-state index is 0.0527. The Balaban J connectivity index is 2.29. The lowest BCUT2D eigenvalue weighted by Gasteiger charge is -2.23. The van der Waals surface area contributed by atoms with Crippen LogP contribution in [0, 0.1) is 11.8 Å². The fourth-order valence-corrected chi connectivity index (χ4v) is 3.62. The molecule has 0 spiro atoms. The average molecular weight is 518 g/mol. The molecule has 0 aliphatic carbocycles. The number of carbonyl (C=O) groups excluding carboxylic acids is 2. The number of hydrogen-bond donors (Lipinski definition) is 4. The fourth-order valence-electron chi connectivity index (χ4n) is 3.44. The van der Waals surface area contributed by atoms with E-state index in [1.54, 1.807) is 12.1 Å². The van der Waals surface area contributed by atoms with Gasteiger partial charge in [-0.05, 0) is 42.0 Å². The molecule has 0 saturated heterocycles. The predicted octanol–water partition coefficient (Wildman–Crippen LogP) is 3.66. The van der Waals surface area contributed by atoms with E-state index in [4.69, 9.17) is 22.1 Å². The van der Waals surface area contributed by atoms with Gasteiger partial charge in [0.1, 0.15) is 24.4 Å². The summed E-state index contributed by atoms with van der Waals surface area (Å²) in [5, 5.41) is 15.2. The summed E-state index contributed by atoms with van der Waals surface area (Å²) in [5.74, 6) is -1.77. The standard InChI is InChI=1S/C27H36ClN3O5/c1-16(2)12-23(27(34)35)31-26(33)22(13-18-8-6-5-7-9-18)30-25(32)20-14-19(28)10-11-24(20)36-15-21(29)17(3)4/h5-11,14,16-17,21-23H,12-13,15,29H2,1-4H3,(H,30,32)(H,31,33)(H,34,35)/t21-,22+,23+/m1/s1. The Morgan fingerprint density at radius 2 is 1.67 bits per heavy atom. The number of nitrogens with two attached hydrogens (primary N) is 1. The number of carboxylic acids is 1. The monoisotopic (exact) mass is 517 g/mol. The van der Waals surface area contributed by atoms with E-state index in [2.05, 4.69) is 10.6 Å². The second kappa shape index (κ2) is 13.8. The molecule has 5 N–H and O–H groups in total. The maximum atomic E-state index is 13.3. The van der Waals surface area contributed by atoms with Gasteiger partial charge in [-0.1, -0.05) is 69.6 Å². The van der Waals surface area contributed by atoms with Crippen molar-refractivity contribution in [2.75, 3.05) is 6.61 Å². The highest BCUT2D eigenvalue weighted by molar-refractivity contribution is 6.31. The second-order valence-corrected chi connectivity index (χ2v) is 10.0. The van der Waals surface area contributed by atoms with Crippen LogP contribution in [0.3, 0.4) is 0 Å². The maximum Gasteiger partial charge on any atom is 0.326 e. The summed E-state index contributed by atoms with van der Waals surface area (Å²) in [6, 6.07) is 11.5. The SMILES string of the molecule is CC(C)C[C@H](NC(=O)[C@H](Cc1ccccc1)NC(=O)c1cc(Cl)ccc1OC[C@@H](N)C(C)C)C(=O)O. The summed E-state index contributed by atoms with van der Waals surface area (Å²) in [6.07, 6.45) is 0.427. The number of benzene rings is 2. The molecule has 9 heteroatoms. The normalized spacial score (nSPS) is 13.7. The molecular formula is C27H36ClN3O5. The zero-order valence-electron chi connectivity index (χ0n) is 21.2. The van der Waals surface area contributed by atoms with Gasteiger partial charge < -0.3 is 26.2 Å². The summed E-state index contributed by atoms with van der Waals surface area (Å²) in [7, 11) is 0. The van der Waals surface area contributed by atoms with Crippen LogP contribution in [0.2, 0.25) is 5.02 Å². The molecule has 3 atom stereocenters. The van der Waals surface area contributed by atoms with Crippen molar-refractivity contribution in [1.82, 2.24) is 10.6 Å². The molecule has 2 rings (SSSR count). The van der Waals surface area contributed by atoms with Gasteiger partial charge in [-0.15, -0.1) is 0 Å². The summed E-state index contributed by atoms with van der Waals surface area (Å²) in [5.41, 5.74) is 7.04. The Hall–Kier alpha value is -3.10. The molecular weight excluding hydrogens is 482 g/mol. The van der Waals surface area contributed by atoms with E-state index < -0.39 is 29.9 Å². The maximum absolute atomic E-state index is 13.3. The average Bonchev–Trinajstić information content (AvgIpc) is 2.82. The molecule has 0 saturated carbocycles. The number of halogens is 1.